The van der Waals surface area contributed by atoms with Gasteiger partial charge in [0.05, 0.1) is 0 Å². The van der Waals surface area contributed by atoms with Crippen molar-refractivity contribution in [1.29, 1.82) is 0 Å². The predicted octanol–water partition coefficient (Wildman–Crippen LogP) is 2.90. The molecule has 0 aliphatic rings. The first kappa shape index (κ1) is 13.0. The van der Waals surface area contributed by atoms with Crippen molar-refractivity contribution in [3.8, 4) is 5.75 Å². The average Bonchev–Trinajstić information content (AvgIpc) is 2.46. The highest BCUT2D eigenvalue weighted by molar-refractivity contribution is 5.97. The molecule has 2 rings (SSSR count). The summed E-state index contributed by atoms with van der Waals surface area (Å²) in [5, 5.41) is 0. The minimum Gasteiger partial charge on any atom is -0.485 e. The maximum absolute atomic E-state index is 12.7. The van der Waals surface area contributed by atoms with Crippen molar-refractivity contribution in [1.82, 2.24) is 0 Å². The first-order valence-electron chi connectivity index (χ1n) is 5.66. The number of benzene rings is 2. The number of rotatable bonds is 5. The van der Waals surface area contributed by atoms with Crippen molar-refractivity contribution >= 4 is 12.1 Å². The molecule has 2 aromatic carbocycles. The summed E-state index contributed by atoms with van der Waals surface area (Å²) in [6.45, 7) is -0.159. The smallest absolute Gasteiger partial charge is 0.200 e. The van der Waals surface area contributed by atoms with Crippen LogP contribution >= 0.6 is 0 Å². The van der Waals surface area contributed by atoms with Crippen molar-refractivity contribution in [2.24, 2.45) is 0 Å². The van der Waals surface area contributed by atoms with Crippen LogP contribution in [0.25, 0.3) is 0 Å². The highest BCUT2D eigenvalue weighted by Crippen LogP contribution is 2.12. The zero-order chi connectivity index (χ0) is 13.7. The minimum atomic E-state index is -0.392. The zero-order valence-corrected chi connectivity index (χ0v) is 10.0. The lowest BCUT2D eigenvalue weighted by atomic mass is 10.1. The summed E-state index contributed by atoms with van der Waals surface area (Å²) in [5.74, 6) is -0.201. The molecule has 0 N–H and O–H groups in total. The fraction of sp³-hybridized carbons (Fsp3) is 0.0667. The minimum absolute atomic E-state index is 0.159. The fourth-order valence-electron chi connectivity index (χ4n) is 1.55. The summed E-state index contributed by atoms with van der Waals surface area (Å²) in [6.07, 6.45) is 0.703. The molecule has 3 nitrogen and oxygen atoms in total. The van der Waals surface area contributed by atoms with Gasteiger partial charge in [-0.05, 0) is 36.4 Å². The van der Waals surface area contributed by atoms with Gasteiger partial charge in [-0.3, -0.25) is 9.59 Å². The normalized spacial score (nSPS) is 9.95. The van der Waals surface area contributed by atoms with Crippen LogP contribution in [0.3, 0.4) is 0 Å². The third-order valence-electron chi connectivity index (χ3n) is 2.53. The summed E-state index contributed by atoms with van der Waals surface area (Å²) >= 11 is 0. The van der Waals surface area contributed by atoms with E-state index in [2.05, 4.69) is 0 Å². The van der Waals surface area contributed by atoms with E-state index >= 15 is 0 Å². The Balaban J connectivity index is 2.00. The third-order valence-corrected chi connectivity index (χ3v) is 2.53. The molecule has 0 unspecified atom stereocenters. The van der Waals surface area contributed by atoms with Crippen LogP contribution in [-0.2, 0) is 0 Å². The van der Waals surface area contributed by atoms with Gasteiger partial charge in [-0.2, -0.15) is 0 Å². The monoisotopic (exact) mass is 258 g/mol. The molecule has 0 atom stereocenters. The zero-order valence-electron chi connectivity index (χ0n) is 10.0. The molecular formula is C15H11FO3. The average molecular weight is 258 g/mol. The highest BCUT2D eigenvalue weighted by atomic mass is 19.1. The van der Waals surface area contributed by atoms with E-state index in [0.29, 0.717) is 23.2 Å². The van der Waals surface area contributed by atoms with E-state index in [1.165, 1.54) is 24.3 Å². The van der Waals surface area contributed by atoms with Crippen molar-refractivity contribution in [3.05, 3.63) is 65.5 Å². The number of aldehydes is 1. The second-order valence-electron chi connectivity index (χ2n) is 3.91. The lowest BCUT2D eigenvalue weighted by molar-refractivity contribution is 0.0921. The van der Waals surface area contributed by atoms with Crippen molar-refractivity contribution < 1.29 is 18.7 Å². The number of Topliss-reactive ketones (excluding diaryl/α,β-unsaturated/α-hetero) is 1. The maximum Gasteiger partial charge on any atom is 0.200 e. The van der Waals surface area contributed by atoms with E-state index in [1.54, 1.807) is 24.3 Å². The standard InChI is InChI=1S/C15H11FO3/c16-13-6-4-12(5-7-13)15(18)10-19-14-3-1-2-11(8-14)9-17/h1-9H,10H2. The molecule has 0 aliphatic carbocycles. The molecule has 0 aliphatic heterocycles. The molecule has 0 aromatic heterocycles. The molecule has 2 aromatic rings. The Hall–Kier alpha value is -2.49. The van der Waals surface area contributed by atoms with Crippen molar-refractivity contribution in [2.45, 2.75) is 0 Å². The summed E-state index contributed by atoms with van der Waals surface area (Å²) in [7, 11) is 0. The number of ether oxygens (including phenoxy) is 1. The van der Waals surface area contributed by atoms with E-state index < -0.39 is 5.82 Å². The van der Waals surface area contributed by atoms with Gasteiger partial charge in [0.15, 0.2) is 12.4 Å². The molecule has 0 saturated carbocycles. The van der Waals surface area contributed by atoms with Gasteiger partial charge in [-0.1, -0.05) is 12.1 Å². The van der Waals surface area contributed by atoms with Crippen LogP contribution in [0.2, 0.25) is 0 Å². The topological polar surface area (TPSA) is 43.4 Å². The Morgan fingerprint density at radius 1 is 1.16 bits per heavy atom. The molecule has 96 valence electrons. The Labute approximate surface area is 109 Å². The maximum atomic E-state index is 12.7. The van der Waals surface area contributed by atoms with Crippen LogP contribution in [0, 0.1) is 5.82 Å². The van der Waals surface area contributed by atoms with E-state index in [0.717, 1.165) is 0 Å². The number of carbonyl (C=O) groups is 2. The van der Waals surface area contributed by atoms with Crippen LogP contribution in [0.1, 0.15) is 20.7 Å². The van der Waals surface area contributed by atoms with Crippen LogP contribution < -0.4 is 4.74 Å². The Morgan fingerprint density at radius 3 is 2.58 bits per heavy atom. The van der Waals surface area contributed by atoms with Gasteiger partial charge in [0.1, 0.15) is 17.9 Å². The van der Waals surface area contributed by atoms with Gasteiger partial charge in [-0.15, -0.1) is 0 Å². The molecule has 0 saturated heterocycles. The molecule has 0 heterocycles. The molecule has 19 heavy (non-hydrogen) atoms. The summed E-state index contributed by atoms with van der Waals surface area (Å²) < 4.78 is 18.0. The first-order valence-corrected chi connectivity index (χ1v) is 5.66. The molecule has 0 spiro atoms. The van der Waals surface area contributed by atoms with Gasteiger partial charge in [-0.25, -0.2) is 4.39 Å². The Kier molecular flexibility index (Phi) is 4.03. The Bertz CT molecular complexity index is 591. The van der Waals surface area contributed by atoms with Crippen LogP contribution in [-0.4, -0.2) is 18.7 Å². The largest absolute Gasteiger partial charge is 0.485 e. The van der Waals surface area contributed by atoms with E-state index in [-0.39, 0.29) is 12.4 Å². The van der Waals surface area contributed by atoms with E-state index in [1.807, 2.05) is 0 Å². The number of halogens is 1. The van der Waals surface area contributed by atoms with E-state index in [4.69, 9.17) is 4.74 Å². The molecule has 0 radical (unpaired) electrons. The van der Waals surface area contributed by atoms with Crippen molar-refractivity contribution in [2.75, 3.05) is 6.61 Å². The molecular weight excluding hydrogens is 247 g/mol. The summed E-state index contributed by atoms with van der Waals surface area (Å²) in [4.78, 5) is 22.4. The molecule has 0 fully saturated rings. The van der Waals surface area contributed by atoms with Gasteiger partial charge in [0.2, 0.25) is 0 Å². The molecule has 0 amide bonds. The molecule has 4 heteroatoms. The van der Waals surface area contributed by atoms with E-state index in [9.17, 15) is 14.0 Å². The fourth-order valence-corrected chi connectivity index (χ4v) is 1.55. The number of hydrogen-bond donors (Lipinski definition) is 0. The van der Waals surface area contributed by atoms with Crippen LogP contribution in [0.5, 0.6) is 5.75 Å². The third kappa shape index (κ3) is 3.48. The van der Waals surface area contributed by atoms with Gasteiger partial charge in [0, 0.05) is 11.1 Å². The summed E-state index contributed by atoms with van der Waals surface area (Å²) in [5.41, 5.74) is 0.861. The van der Waals surface area contributed by atoms with Gasteiger partial charge in [0.25, 0.3) is 0 Å². The lowest BCUT2D eigenvalue weighted by Gasteiger charge is -2.05. The number of carbonyl (C=O) groups excluding carboxylic acids is 2. The highest BCUT2D eigenvalue weighted by Gasteiger charge is 2.07. The number of ketones is 1. The Morgan fingerprint density at radius 2 is 1.89 bits per heavy atom. The predicted molar refractivity (Wildman–Crippen MR) is 68.1 cm³/mol. The van der Waals surface area contributed by atoms with Gasteiger partial charge >= 0.3 is 0 Å². The van der Waals surface area contributed by atoms with Crippen LogP contribution in [0.15, 0.2) is 48.5 Å². The number of hydrogen-bond acceptors (Lipinski definition) is 3. The second kappa shape index (κ2) is 5.91. The summed E-state index contributed by atoms with van der Waals surface area (Å²) in [6, 6.07) is 11.8. The second-order valence-corrected chi connectivity index (χ2v) is 3.91. The quantitative estimate of drug-likeness (QED) is 0.611. The van der Waals surface area contributed by atoms with Gasteiger partial charge < -0.3 is 4.74 Å². The lowest BCUT2D eigenvalue weighted by Crippen LogP contribution is -2.11. The SMILES string of the molecule is O=Cc1cccc(OCC(=O)c2ccc(F)cc2)c1. The first-order chi connectivity index (χ1) is 9.19. The van der Waals surface area contributed by atoms with Crippen molar-refractivity contribution in [3.63, 3.8) is 0 Å². The molecule has 0 bridgehead atoms. The van der Waals surface area contributed by atoms with Crippen LogP contribution in [0.4, 0.5) is 4.39 Å².